The molecule has 2 rings (SSSR count). The van der Waals surface area contributed by atoms with Crippen LogP contribution in [0.1, 0.15) is 0 Å². The molecule has 0 bridgehead atoms. The van der Waals surface area contributed by atoms with Crippen molar-refractivity contribution in [2.24, 2.45) is 10.2 Å². The number of benzene rings is 1. The average Bonchev–Trinajstić information content (AvgIpc) is 2.57. The molecule has 6 N–H and O–H groups in total. The third-order valence-electron chi connectivity index (χ3n) is 2.95. The number of hydrogen-bond donors (Lipinski definition) is 4. The van der Waals surface area contributed by atoms with Gasteiger partial charge in [0, 0.05) is 0 Å². The molecule has 0 spiro atoms. The lowest BCUT2D eigenvalue weighted by Crippen LogP contribution is -2.02. The van der Waals surface area contributed by atoms with Gasteiger partial charge in [0.05, 0.1) is 16.7 Å². The molecule has 0 unspecified atom stereocenters. The Balaban J connectivity index is 2.55. The molecule has 0 radical (unpaired) electrons. The molecule has 0 amide bonds. The first-order valence-corrected chi connectivity index (χ1v) is 10.7. The van der Waals surface area contributed by atoms with Gasteiger partial charge in [-0.1, -0.05) is 11.8 Å². The van der Waals surface area contributed by atoms with Crippen LogP contribution in [-0.2, 0) is 20.2 Å². The highest BCUT2D eigenvalue weighted by Gasteiger charge is 2.20. The van der Waals surface area contributed by atoms with E-state index in [0.29, 0.717) is 6.07 Å². The number of azo groups is 1. The smallest absolute Gasteiger partial charge is 0.296 e. The number of nitrogen functional groups attached to an aromatic ring is 2. The molecule has 2 aromatic rings. The summed E-state index contributed by atoms with van der Waals surface area (Å²) in [5.41, 5.74) is 10.5. The highest BCUT2D eigenvalue weighted by atomic mass is 32.2. The fourth-order valence-electron chi connectivity index (χ4n) is 1.79. The van der Waals surface area contributed by atoms with Crippen LogP contribution in [0.3, 0.4) is 0 Å². The van der Waals surface area contributed by atoms with E-state index in [1.54, 1.807) is 0 Å². The highest BCUT2D eigenvalue weighted by Crippen LogP contribution is 2.33. The summed E-state index contributed by atoms with van der Waals surface area (Å²) in [6, 6.07) is 4.01. The van der Waals surface area contributed by atoms with E-state index in [9.17, 15) is 21.4 Å². The zero-order valence-electron chi connectivity index (χ0n) is 13.6. The quantitative estimate of drug-likeness (QED) is 0.212. The van der Waals surface area contributed by atoms with Gasteiger partial charge in [0.1, 0.15) is 10.6 Å². The van der Waals surface area contributed by atoms with Crippen LogP contribution >= 0.6 is 11.8 Å². The van der Waals surface area contributed by atoms with Gasteiger partial charge in [0.15, 0.2) is 22.5 Å². The molecule has 1 heterocycles. The zero-order valence-corrected chi connectivity index (χ0v) is 16.0. The van der Waals surface area contributed by atoms with Crippen molar-refractivity contribution in [1.82, 2.24) is 9.97 Å². The Hall–Kier alpha value is -2.84. The monoisotopic (exact) mass is 445 g/mol. The SMILES string of the molecule is N#CCSc1nc(N)c(N=Nc2cc(S(=O)(=O)O)ccc2S(=O)(=O)O)c(N)n1. The van der Waals surface area contributed by atoms with Crippen LogP contribution in [-0.4, -0.2) is 41.7 Å². The molecule has 0 aliphatic carbocycles. The number of aromatic nitrogens is 2. The van der Waals surface area contributed by atoms with Crippen LogP contribution in [0, 0.1) is 11.3 Å². The van der Waals surface area contributed by atoms with Gasteiger partial charge in [-0.05, 0) is 18.2 Å². The Morgan fingerprint density at radius 3 is 2.18 bits per heavy atom. The normalized spacial score (nSPS) is 12.2. The van der Waals surface area contributed by atoms with Crippen LogP contribution in [0.4, 0.5) is 23.0 Å². The van der Waals surface area contributed by atoms with E-state index in [-0.39, 0.29) is 28.2 Å². The van der Waals surface area contributed by atoms with Gasteiger partial charge in [-0.15, -0.1) is 10.2 Å². The lowest BCUT2D eigenvalue weighted by molar-refractivity contribution is 0.478. The van der Waals surface area contributed by atoms with Crippen LogP contribution < -0.4 is 11.5 Å². The predicted molar refractivity (Wildman–Crippen MR) is 97.4 cm³/mol. The van der Waals surface area contributed by atoms with E-state index in [2.05, 4.69) is 20.2 Å². The fraction of sp³-hybridized carbons (Fsp3) is 0.0833. The second-order valence-corrected chi connectivity index (χ2v) is 8.61. The Labute approximate surface area is 163 Å². The average molecular weight is 445 g/mol. The van der Waals surface area contributed by atoms with E-state index in [1.807, 2.05) is 6.07 Å². The molecule has 0 saturated heterocycles. The molecular formula is C12H11N7O6S3. The van der Waals surface area contributed by atoms with Gasteiger partial charge in [-0.2, -0.15) is 22.1 Å². The predicted octanol–water partition coefficient (Wildman–Crippen LogP) is 1.17. The molecule has 148 valence electrons. The fourth-order valence-corrected chi connectivity index (χ4v) is 3.41. The molecule has 0 aliphatic heterocycles. The maximum Gasteiger partial charge on any atom is 0.296 e. The maximum atomic E-state index is 11.4. The van der Waals surface area contributed by atoms with E-state index in [1.165, 1.54) is 0 Å². The van der Waals surface area contributed by atoms with Crippen LogP contribution in [0.25, 0.3) is 0 Å². The van der Waals surface area contributed by atoms with Crippen LogP contribution in [0.5, 0.6) is 0 Å². The van der Waals surface area contributed by atoms with Gasteiger partial charge >= 0.3 is 0 Å². The summed E-state index contributed by atoms with van der Waals surface area (Å²) in [6.45, 7) is 0. The molecule has 16 heteroatoms. The third-order valence-corrected chi connectivity index (χ3v) is 5.41. The van der Waals surface area contributed by atoms with Gasteiger partial charge in [0.25, 0.3) is 20.2 Å². The molecule has 0 aliphatic rings. The molecule has 28 heavy (non-hydrogen) atoms. The lowest BCUT2D eigenvalue weighted by Gasteiger charge is -2.06. The summed E-state index contributed by atoms with van der Waals surface area (Å²) < 4.78 is 63.7. The summed E-state index contributed by atoms with van der Waals surface area (Å²) in [5.74, 6) is -0.438. The number of hydrogen-bond acceptors (Lipinski definition) is 12. The van der Waals surface area contributed by atoms with Crippen molar-refractivity contribution in [2.45, 2.75) is 14.9 Å². The van der Waals surface area contributed by atoms with Crippen molar-refractivity contribution in [3.63, 3.8) is 0 Å². The number of anilines is 2. The minimum Gasteiger partial charge on any atom is -0.382 e. The first kappa shape index (κ1) is 21.5. The van der Waals surface area contributed by atoms with Crippen molar-refractivity contribution in [3.8, 4) is 6.07 Å². The van der Waals surface area contributed by atoms with Crippen LogP contribution in [0.15, 0.2) is 43.4 Å². The molecule has 0 atom stereocenters. The highest BCUT2D eigenvalue weighted by molar-refractivity contribution is 7.99. The van der Waals surface area contributed by atoms with Gasteiger partial charge in [-0.3, -0.25) is 9.11 Å². The minimum atomic E-state index is -4.80. The third kappa shape index (κ3) is 5.11. The molecular weight excluding hydrogens is 434 g/mol. The molecule has 1 aromatic heterocycles. The Morgan fingerprint density at radius 2 is 1.68 bits per heavy atom. The van der Waals surface area contributed by atoms with Gasteiger partial charge in [0.2, 0.25) is 0 Å². The van der Waals surface area contributed by atoms with Crippen molar-refractivity contribution < 1.29 is 25.9 Å². The number of thioether (sulfide) groups is 1. The summed E-state index contributed by atoms with van der Waals surface area (Å²) in [4.78, 5) is 6.25. The van der Waals surface area contributed by atoms with Crippen molar-refractivity contribution in [2.75, 3.05) is 17.2 Å². The van der Waals surface area contributed by atoms with Crippen molar-refractivity contribution >= 4 is 55.0 Å². The summed E-state index contributed by atoms with van der Waals surface area (Å²) in [5, 5.41) is 15.8. The first-order chi connectivity index (χ1) is 12.9. The second-order valence-electron chi connectivity index (χ2n) is 4.85. The van der Waals surface area contributed by atoms with Crippen molar-refractivity contribution in [3.05, 3.63) is 18.2 Å². The standard InChI is InChI=1S/C12H11N7O6S3/c13-3-4-26-12-16-10(14)9(11(15)17-12)19-18-7-5-6(27(20,21)22)1-2-8(7)28(23,24)25/h1-2,5H,4H2,(H,20,21,22)(H,23,24,25)(H4,14,15,16,17). The van der Waals surface area contributed by atoms with Gasteiger partial charge in [-0.25, -0.2) is 9.97 Å². The Morgan fingerprint density at radius 1 is 1.07 bits per heavy atom. The lowest BCUT2D eigenvalue weighted by atomic mass is 10.3. The second kappa shape index (κ2) is 8.04. The summed E-state index contributed by atoms with van der Waals surface area (Å²) >= 11 is 0.960. The molecule has 13 nitrogen and oxygen atoms in total. The zero-order chi connectivity index (χ0) is 21.1. The van der Waals surface area contributed by atoms with Crippen molar-refractivity contribution in [1.29, 1.82) is 5.26 Å². The number of nitrogens with two attached hydrogens (primary N) is 2. The minimum absolute atomic E-state index is 0.0416. The maximum absolute atomic E-state index is 11.4. The van der Waals surface area contributed by atoms with E-state index in [4.69, 9.17) is 21.3 Å². The van der Waals surface area contributed by atoms with Crippen LogP contribution in [0.2, 0.25) is 0 Å². The molecule has 1 aromatic carbocycles. The number of nitrogens with zero attached hydrogens (tertiary/aromatic N) is 5. The molecule has 0 fully saturated rings. The topological polar surface area (TPSA) is 235 Å². The summed E-state index contributed by atoms with van der Waals surface area (Å²) in [7, 11) is -9.48. The molecule has 0 saturated carbocycles. The number of nitriles is 1. The van der Waals surface area contributed by atoms with E-state index in [0.717, 1.165) is 23.9 Å². The Bertz CT molecular complexity index is 1180. The first-order valence-electron chi connectivity index (χ1n) is 6.87. The van der Waals surface area contributed by atoms with E-state index >= 15 is 0 Å². The summed E-state index contributed by atoms with van der Waals surface area (Å²) in [6.07, 6.45) is 0. The largest absolute Gasteiger partial charge is 0.382 e. The van der Waals surface area contributed by atoms with E-state index < -0.39 is 35.7 Å². The number of rotatable bonds is 6. The Kier molecular flexibility index (Phi) is 6.16. The van der Waals surface area contributed by atoms with Gasteiger partial charge < -0.3 is 11.5 Å².